The molecule has 0 aromatic heterocycles. The second-order valence-electron chi connectivity index (χ2n) is 11.6. The molecule has 7 aromatic rings. The zero-order valence-corrected chi connectivity index (χ0v) is 23.9. The predicted octanol–water partition coefficient (Wildman–Crippen LogP) is 10.4. The van der Waals surface area contributed by atoms with E-state index in [1.54, 1.807) is 0 Å². The Morgan fingerprint density at radius 1 is 0.523 bits per heavy atom. The average Bonchev–Trinajstić information content (AvgIpc) is 3.10. The van der Waals surface area contributed by atoms with Crippen LogP contribution in [-0.4, -0.2) is 6.21 Å². The summed E-state index contributed by atoms with van der Waals surface area (Å²) in [4.78, 5) is 4.80. The van der Waals surface area contributed by atoms with Crippen molar-refractivity contribution in [3.05, 3.63) is 179 Å². The van der Waals surface area contributed by atoms with E-state index in [0.29, 0.717) is 0 Å². The summed E-state index contributed by atoms with van der Waals surface area (Å²) < 4.78 is 6.70. The Balaban J connectivity index is 1.35. The second-order valence-corrected chi connectivity index (χ2v) is 11.6. The molecule has 0 spiro atoms. The molecule has 3 nitrogen and oxygen atoms in total. The molecule has 1 unspecified atom stereocenters. The van der Waals surface area contributed by atoms with E-state index in [4.69, 9.17) is 9.73 Å². The van der Waals surface area contributed by atoms with Crippen molar-refractivity contribution in [3.8, 4) is 11.5 Å². The minimum Gasteiger partial charge on any atom is -0.457 e. The van der Waals surface area contributed by atoms with Gasteiger partial charge < -0.3 is 10.1 Å². The van der Waals surface area contributed by atoms with Gasteiger partial charge in [0.05, 0.1) is 22.8 Å². The van der Waals surface area contributed by atoms with Crippen LogP contribution >= 0.6 is 0 Å². The number of hydrogen-bond acceptors (Lipinski definition) is 3. The maximum atomic E-state index is 6.70. The first-order chi connectivity index (χ1) is 21.8. The number of fused-ring (bicyclic) bond motifs is 5. The van der Waals surface area contributed by atoms with Gasteiger partial charge in [0.25, 0.3) is 0 Å². The summed E-state index contributed by atoms with van der Waals surface area (Å²) in [5.74, 6) is 1.74. The number of hydrogen-bond donors (Lipinski definition) is 1. The van der Waals surface area contributed by atoms with Gasteiger partial charge in [0, 0.05) is 17.3 Å². The molecule has 9 rings (SSSR count). The van der Waals surface area contributed by atoms with Gasteiger partial charge in [-0.25, -0.2) is 0 Å². The van der Waals surface area contributed by atoms with Crippen molar-refractivity contribution in [2.24, 2.45) is 4.99 Å². The third-order valence-electron chi connectivity index (χ3n) is 9.22. The van der Waals surface area contributed by atoms with E-state index >= 15 is 0 Å². The van der Waals surface area contributed by atoms with Crippen LogP contribution in [0.4, 0.5) is 11.4 Å². The lowest BCUT2D eigenvalue weighted by Crippen LogP contribution is -2.34. The van der Waals surface area contributed by atoms with Gasteiger partial charge in [0.2, 0.25) is 0 Å². The quantitative estimate of drug-likeness (QED) is 0.232. The SMILES string of the molecule is C1=Nc2ccccc2NC1c1ccc2c(c1)C(c1ccc3ccccc3c1)(c1ccc3ccccc3c1)c1ccccc1O2. The fourth-order valence-electron chi connectivity index (χ4n) is 7.12. The lowest BCUT2D eigenvalue weighted by atomic mass is 9.63. The van der Waals surface area contributed by atoms with Gasteiger partial charge in [-0.3, -0.25) is 4.99 Å². The summed E-state index contributed by atoms with van der Waals surface area (Å²) >= 11 is 0. The van der Waals surface area contributed by atoms with Crippen molar-refractivity contribution in [3.63, 3.8) is 0 Å². The second kappa shape index (κ2) is 9.68. The van der Waals surface area contributed by atoms with E-state index in [9.17, 15) is 0 Å². The zero-order chi connectivity index (χ0) is 29.1. The number of aliphatic imine (C=N–C) groups is 1. The number of para-hydroxylation sites is 3. The van der Waals surface area contributed by atoms with E-state index in [0.717, 1.165) is 39.6 Å². The summed E-state index contributed by atoms with van der Waals surface area (Å²) in [5.41, 5.74) is 7.16. The van der Waals surface area contributed by atoms with Crippen molar-refractivity contribution in [2.45, 2.75) is 11.5 Å². The van der Waals surface area contributed by atoms with Crippen LogP contribution in [0.5, 0.6) is 11.5 Å². The average molecular weight is 565 g/mol. The monoisotopic (exact) mass is 564 g/mol. The van der Waals surface area contributed by atoms with Gasteiger partial charge in [0.15, 0.2) is 0 Å². The zero-order valence-electron chi connectivity index (χ0n) is 23.9. The molecule has 0 bridgehead atoms. The molecule has 0 amide bonds. The van der Waals surface area contributed by atoms with Crippen LogP contribution in [0.15, 0.2) is 157 Å². The van der Waals surface area contributed by atoms with Crippen LogP contribution in [-0.2, 0) is 5.41 Å². The van der Waals surface area contributed by atoms with Crippen LogP contribution in [0.2, 0.25) is 0 Å². The van der Waals surface area contributed by atoms with Gasteiger partial charge in [-0.1, -0.05) is 109 Å². The van der Waals surface area contributed by atoms with Crippen molar-refractivity contribution in [2.75, 3.05) is 5.32 Å². The largest absolute Gasteiger partial charge is 0.457 e. The molecule has 208 valence electrons. The van der Waals surface area contributed by atoms with Crippen LogP contribution in [0.25, 0.3) is 21.5 Å². The highest BCUT2D eigenvalue weighted by Gasteiger charge is 2.46. The Hall–Kier alpha value is -5.67. The van der Waals surface area contributed by atoms with Crippen LogP contribution in [0, 0.1) is 0 Å². The fourth-order valence-corrected chi connectivity index (χ4v) is 7.12. The molecule has 2 heterocycles. The Morgan fingerprint density at radius 3 is 1.89 bits per heavy atom. The molecule has 3 heteroatoms. The molecule has 1 atom stereocenters. The molecule has 2 aliphatic heterocycles. The van der Waals surface area contributed by atoms with E-state index in [1.807, 2.05) is 24.4 Å². The lowest BCUT2D eigenvalue weighted by molar-refractivity contribution is 0.434. The van der Waals surface area contributed by atoms with Gasteiger partial charge >= 0.3 is 0 Å². The molecule has 0 radical (unpaired) electrons. The molecule has 2 aliphatic rings. The number of rotatable bonds is 3. The predicted molar refractivity (Wildman–Crippen MR) is 181 cm³/mol. The normalized spacial score (nSPS) is 16.0. The fraction of sp³-hybridized carbons (Fsp3) is 0.0488. The Labute approximate surface area is 256 Å². The standard InChI is InChI=1S/C41H28N2O/c1-3-11-29-23-32(20-17-27(29)9-1)41(33-21-18-28-10-2-4-12-30(28)24-33)34-13-5-8-16-39(34)44-40-22-19-31(25-35(40)41)38-26-42-36-14-6-7-15-37(36)43-38/h1-26,38,43H. The third kappa shape index (κ3) is 3.73. The smallest absolute Gasteiger partial charge is 0.132 e. The highest BCUT2D eigenvalue weighted by Crippen LogP contribution is 2.56. The van der Waals surface area contributed by atoms with Gasteiger partial charge in [0.1, 0.15) is 11.5 Å². The molecular weight excluding hydrogens is 536 g/mol. The van der Waals surface area contributed by atoms with Gasteiger partial charge in [-0.15, -0.1) is 0 Å². The summed E-state index contributed by atoms with van der Waals surface area (Å²) in [6.07, 6.45) is 2.01. The van der Waals surface area contributed by atoms with E-state index in [-0.39, 0.29) is 6.04 Å². The Bertz CT molecular complexity index is 2190. The highest BCUT2D eigenvalue weighted by molar-refractivity contribution is 5.88. The van der Waals surface area contributed by atoms with E-state index < -0.39 is 5.41 Å². The van der Waals surface area contributed by atoms with Crippen LogP contribution < -0.4 is 10.1 Å². The van der Waals surface area contributed by atoms with Crippen molar-refractivity contribution in [1.29, 1.82) is 0 Å². The number of ether oxygens (including phenoxy) is 1. The molecule has 0 aliphatic carbocycles. The first-order valence-electron chi connectivity index (χ1n) is 15.1. The first-order valence-corrected chi connectivity index (χ1v) is 15.1. The highest BCUT2D eigenvalue weighted by atomic mass is 16.5. The minimum absolute atomic E-state index is 0.0710. The Kier molecular flexibility index (Phi) is 5.48. The molecule has 44 heavy (non-hydrogen) atoms. The van der Waals surface area contributed by atoms with Crippen LogP contribution in [0.1, 0.15) is 33.9 Å². The van der Waals surface area contributed by atoms with Gasteiger partial charge in [-0.2, -0.15) is 0 Å². The van der Waals surface area contributed by atoms with Crippen LogP contribution in [0.3, 0.4) is 0 Å². The summed E-state index contributed by atoms with van der Waals surface area (Å²) in [7, 11) is 0. The summed E-state index contributed by atoms with van der Waals surface area (Å²) in [6.45, 7) is 0. The molecule has 0 saturated carbocycles. The number of anilines is 1. The third-order valence-corrected chi connectivity index (χ3v) is 9.22. The summed E-state index contributed by atoms with van der Waals surface area (Å²) in [6, 6.07) is 54.3. The van der Waals surface area contributed by atoms with Crippen molar-refractivity contribution in [1.82, 2.24) is 0 Å². The molecule has 1 N–H and O–H groups in total. The molecule has 7 aromatic carbocycles. The Morgan fingerprint density at radius 2 is 1.14 bits per heavy atom. The van der Waals surface area contributed by atoms with E-state index in [1.165, 1.54) is 32.7 Å². The maximum absolute atomic E-state index is 6.70. The van der Waals surface area contributed by atoms with E-state index in [2.05, 4.69) is 139 Å². The topological polar surface area (TPSA) is 33.6 Å². The molecular formula is C41H28N2O. The number of benzene rings is 7. The maximum Gasteiger partial charge on any atom is 0.132 e. The first kappa shape index (κ1) is 24.9. The molecule has 0 fully saturated rings. The van der Waals surface area contributed by atoms with Gasteiger partial charge in [-0.05, 0) is 80.7 Å². The number of nitrogens with one attached hydrogen (secondary N) is 1. The van der Waals surface area contributed by atoms with Crippen molar-refractivity contribution < 1.29 is 4.74 Å². The molecule has 0 saturated heterocycles. The summed E-state index contributed by atoms with van der Waals surface area (Å²) in [5, 5.41) is 8.57. The number of nitrogens with zero attached hydrogens (tertiary/aromatic N) is 1. The lowest BCUT2D eigenvalue weighted by Gasteiger charge is -2.42. The van der Waals surface area contributed by atoms with Crippen molar-refractivity contribution >= 4 is 39.1 Å². The minimum atomic E-state index is -0.627.